The van der Waals surface area contributed by atoms with Crippen LogP contribution in [-0.2, 0) is 16.1 Å². The minimum atomic E-state index is -0.746. The van der Waals surface area contributed by atoms with Crippen LogP contribution in [0.5, 0.6) is 0 Å². The number of hydrogen-bond acceptors (Lipinski definition) is 5. The lowest BCUT2D eigenvalue weighted by molar-refractivity contribution is -0.133. The molecule has 0 bridgehead atoms. The van der Waals surface area contributed by atoms with E-state index in [2.05, 4.69) is 0 Å². The third kappa shape index (κ3) is 4.60. The van der Waals surface area contributed by atoms with E-state index in [4.69, 9.17) is 33.7 Å². The number of amides is 1. The second-order valence-corrected chi connectivity index (χ2v) is 6.43. The number of anilines is 1. The van der Waals surface area contributed by atoms with Gasteiger partial charge in [0.2, 0.25) is 0 Å². The van der Waals surface area contributed by atoms with Crippen LogP contribution in [0.15, 0.2) is 29.0 Å². The van der Waals surface area contributed by atoms with Crippen molar-refractivity contribution in [3.05, 3.63) is 50.1 Å². The molecule has 0 saturated carbocycles. The van der Waals surface area contributed by atoms with Crippen LogP contribution in [0.25, 0.3) is 0 Å². The van der Waals surface area contributed by atoms with Crippen LogP contribution in [-0.4, -0.2) is 30.4 Å². The van der Waals surface area contributed by atoms with Crippen molar-refractivity contribution in [1.82, 2.24) is 4.90 Å². The van der Waals surface area contributed by atoms with Gasteiger partial charge in [-0.2, -0.15) is 11.3 Å². The van der Waals surface area contributed by atoms with Gasteiger partial charge in [0.15, 0.2) is 6.61 Å². The molecule has 1 aromatic heterocycles. The Morgan fingerprint density at radius 2 is 2.09 bits per heavy atom. The maximum absolute atomic E-state index is 12.0. The minimum absolute atomic E-state index is 0.0378. The Hall–Kier alpha value is -1.76. The molecule has 0 radical (unpaired) electrons. The van der Waals surface area contributed by atoms with Gasteiger partial charge in [0.1, 0.15) is 0 Å². The van der Waals surface area contributed by atoms with Gasteiger partial charge in [-0.15, -0.1) is 0 Å². The molecule has 8 heteroatoms. The summed E-state index contributed by atoms with van der Waals surface area (Å²) < 4.78 is 5.00. The fourth-order valence-corrected chi connectivity index (χ4v) is 2.97. The number of nitrogens with two attached hydrogens (primary N) is 1. The molecule has 0 atom stereocenters. The summed E-state index contributed by atoms with van der Waals surface area (Å²) in [4.78, 5) is 25.5. The largest absolute Gasteiger partial charge is 0.452 e. The average Bonchev–Trinajstić information content (AvgIpc) is 3.00. The summed E-state index contributed by atoms with van der Waals surface area (Å²) in [6.07, 6.45) is 0. The lowest BCUT2D eigenvalue weighted by Crippen LogP contribution is -2.30. The Morgan fingerprint density at radius 1 is 1.35 bits per heavy atom. The van der Waals surface area contributed by atoms with Crippen LogP contribution in [0.1, 0.15) is 15.9 Å². The number of likely N-dealkylation sites (N-methyl/N-ethyl adjacent to an activating group) is 1. The van der Waals surface area contributed by atoms with Crippen molar-refractivity contribution in [2.24, 2.45) is 0 Å². The molecule has 0 aliphatic rings. The Kier molecular flexibility index (Phi) is 5.87. The first-order valence-electron chi connectivity index (χ1n) is 6.55. The molecule has 2 aromatic rings. The van der Waals surface area contributed by atoms with Gasteiger partial charge in [-0.25, -0.2) is 4.79 Å². The molecule has 2 N–H and O–H groups in total. The Bertz CT molecular complexity index is 720. The molecule has 0 aliphatic carbocycles. The second kappa shape index (κ2) is 7.68. The molecule has 5 nitrogen and oxygen atoms in total. The van der Waals surface area contributed by atoms with E-state index >= 15 is 0 Å². The van der Waals surface area contributed by atoms with Gasteiger partial charge in [-0.05, 0) is 34.5 Å². The zero-order chi connectivity index (χ0) is 17.0. The van der Waals surface area contributed by atoms with E-state index < -0.39 is 5.97 Å². The number of benzene rings is 1. The first kappa shape index (κ1) is 17.6. The van der Waals surface area contributed by atoms with Crippen LogP contribution in [0.2, 0.25) is 10.0 Å². The lowest BCUT2D eigenvalue weighted by Gasteiger charge is -2.16. The fourth-order valence-electron chi connectivity index (χ4n) is 1.81. The number of nitrogen functional groups attached to an aromatic ring is 1. The normalized spacial score (nSPS) is 10.4. The van der Waals surface area contributed by atoms with Gasteiger partial charge >= 0.3 is 5.97 Å². The summed E-state index contributed by atoms with van der Waals surface area (Å²) in [6.45, 7) is 0.0636. The number of carbonyl (C=O) groups is 2. The van der Waals surface area contributed by atoms with Crippen molar-refractivity contribution in [2.75, 3.05) is 19.4 Å². The zero-order valence-corrected chi connectivity index (χ0v) is 14.5. The molecular formula is C15H14Cl2N2O3S. The summed E-state index contributed by atoms with van der Waals surface area (Å²) in [5.41, 5.74) is 6.85. The molecule has 1 amide bonds. The molecule has 0 unspecified atom stereocenters. The molecule has 1 heterocycles. The van der Waals surface area contributed by atoms with Crippen molar-refractivity contribution < 1.29 is 14.3 Å². The van der Waals surface area contributed by atoms with Gasteiger partial charge in [-0.3, -0.25) is 4.79 Å². The number of esters is 1. The second-order valence-electron chi connectivity index (χ2n) is 4.81. The number of rotatable bonds is 5. The van der Waals surface area contributed by atoms with Gasteiger partial charge in [0.25, 0.3) is 5.91 Å². The standard InChI is InChI=1S/C15H14Cl2N2O3S/c1-19(6-9-2-3-23-8-9)13(20)7-22-15(21)11-4-10(16)5-12(17)14(11)18/h2-5,8H,6-7,18H2,1H3. The van der Waals surface area contributed by atoms with Crippen LogP contribution in [0.4, 0.5) is 5.69 Å². The van der Waals surface area contributed by atoms with E-state index in [-0.39, 0.29) is 33.8 Å². The molecule has 0 saturated heterocycles. The monoisotopic (exact) mass is 372 g/mol. The van der Waals surface area contributed by atoms with Crippen LogP contribution >= 0.6 is 34.5 Å². The highest BCUT2D eigenvalue weighted by atomic mass is 35.5. The number of ether oxygens (including phenoxy) is 1. The van der Waals surface area contributed by atoms with E-state index in [9.17, 15) is 9.59 Å². The molecular weight excluding hydrogens is 359 g/mol. The quantitative estimate of drug-likeness (QED) is 0.644. The van der Waals surface area contributed by atoms with Gasteiger partial charge in [0, 0.05) is 18.6 Å². The molecule has 2 rings (SSSR count). The predicted octanol–water partition coefficient (Wildman–Crippen LogP) is 3.45. The van der Waals surface area contributed by atoms with E-state index in [1.54, 1.807) is 18.4 Å². The van der Waals surface area contributed by atoms with Crippen molar-refractivity contribution >= 4 is 52.1 Å². The first-order chi connectivity index (χ1) is 10.9. The fraction of sp³-hybridized carbons (Fsp3) is 0.200. The number of halogens is 2. The highest BCUT2D eigenvalue weighted by molar-refractivity contribution is 7.07. The highest BCUT2D eigenvalue weighted by Crippen LogP contribution is 2.28. The first-order valence-corrected chi connectivity index (χ1v) is 8.25. The van der Waals surface area contributed by atoms with E-state index in [1.807, 2.05) is 16.8 Å². The smallest absolute Gasteiger partial charge is 0.340 e. The molecule has 23 heavy (non-hydrogen) atoms. The predicted molar refractivity (Wildman–Crippen MR) is 91.9 cm³/mol. The summed E-state index contributed by atoms with van der Waals surface area (Å²) >= 11 is 13.3. The topological polar surface area (TPSA) is 72.6 Å². The Labute approximate surface area is 147 Å². The number of nitrogens with zero attached hydrogens (tertiary/aromatic N) is 1. The summed E-state index contributed by atoms with van der Waals surface area (Å²) in [6, 6.07) is 4.70. The van der Waals surface area contributed by atoms with Crippen LogP contribution in [0, 0.1) is 0 Å². The number of carbonyl (C=O) groups excluding carboxylic acids is 2. The van der Waals surface area contributed by atoms with Crippen LogP contribution in [0.3, 0.4) is 0 Å². The van der Waals surface area contributed by atoms with Crippen LogP contribution < -0.4 is 5.73 Å². The van der Waals surface area contributed by atoms with Gasteiger partial charge in [-0.1, -0.05) is 23.2 Å². The number of hydrogen-bond donors (Lipinski definition) is 1. The molecule has 122 valence electrons. The Morgan fingerprint density at radius 3 is 2.74 bits per heavy atom. The molecule has 1 aromatic carbocycles. The van der Waals surface area contributed by atoms with Gasteiger partial charge in [0.05, 0.1) is 16.3 Å². The lowest BCUT2D eigenvalue weighted by atomic mass is 10.2. The molecule has 0 fully saturated rings. The maximum atomic E-state index is 12.0. The average molecular weight is 373 g/mol. The van der Waals surface area contributed by atoms with E-state index in [0.29, 0.717) is 6.54 Å². The minimum Gasteiger partial charge on any atom is -0.452 e. The van der Waals surface area contributed by atoms with Crippen molar-refractivity contribution in [3.8, 4) is 0 Å². The van der Waals surface area contributed by atoms with Crippen molar-refractivity contribution in [3.63, 3.8) is 0 Å². The zero-order valence-electron chi connectivity index (χ0n) is 12.2. The molecule has 0 aliphatic heterocycles. The van der Waals surface area contributed by atoms with Crippen molar-refractivity contribution in [2.45, 2.75) is 6.54 Å². The maximum Gasteiger partial charge on any atom is 0.340 e. The summed E-state index contributed by atoms with van der Waals surface area (Å²) in [7, 11) is 1.64. The SMILES string of the molecule is CN(Cc1ccsc1)C(=O)COC(=O)c1cc(Cl)cc(Cl)c1N. The van der Waals surface area contributed by atoms with E-state index in [1.165, 1.54) is 17.0 Å². The third-order valence-electron chi connectivity index (χ3n) is 3.07. The highest BCUT2D eigenvalue weighted by Gasteiger charge is 2.18. The van der Waals surface area contributed by atoms with E-state index in [0.717, 1.165) is 5.56 Å². The summed E-state index contributed by atoms with van der Waals surface area (Å²) in [5.74, 6) is -1.07. The molecule has 0 spiro atoms. The van der Waals surface area contributed by atoms with Crippen molar-refractivity contribution in [1.29, 1.82) is 0 Å². The third-order valence-corrected chi connectivity index (χ3v) is 4.33. The Balaban J connectivity index is 1.95. The number of thiophene rings is 1. The van der Waals surface area contributed by atoms with Gasteiger partial charge < -0.3 is 15.4 Å². The summed E-state index contributed by atoms with van der Waals surface area (Å²) in [5, 5.41) is 4.30.